The average Bonchev–Trinajstić information content (AvgIpc) is 2.82. The maximum Gasteiger partial charge on any atom is 0.189 e. The van der Waals surface area contributed by atoms with Crippen LogP contribution in [0.3, 0.4) is 0 Å². The van der Waals surface area contributed by atoms with E-state index in [2.05, 4.69) is 25.1 Å². The summed E-state index contributed by atoms with van der Waals surface area (Å²) in [4.78, 5) is 12.5. The third-order valence-electron chi connectivity index (χ3n) is 2.21. The van der Waals surface area contributed by atoms with Crippen molar-refractivity contribution in [3.63, 3.8) is 0 Å². The van der Waals surface area contributed by atoms with E-state index >= 15 is 0 Å². The second kappa shape index (κ2) is 4.02. The van der Waals surface area contributed by atoms with Gasteiger partial charge in [-0.15, -0.1) is 0 Å². The van der Waals surface area contributed by atoms with Crippen LogP contribution in [-0.4, -0.2) is 25.1 Å². The van der Waals surface area contributed by atoms with Crippen LogP contribution in [-0.2, 0) is 0 Å². The molecule has 0 aliphatic heterocycles. The minimum Gasteiger partial charge on any atom is -0.399 e. The highest BCUT2D eigenvalue weighted by molar-refractivity contribution is 7.99. The van der Waals surface area contributed by atoms with Crippen LogP contribution in [0.4, 0.5) is 5.69 Å². The van der Waals surface area contributed by atoms with Crippen molar-refractivity contribution in [2.75, 3.05) is 5.73 Å². The van der Waals surface area contributed by atoms with Crippen molar-refractivity contribution in [1.29, 1.82) is 0 Å². The van der Waals surface area contributed by atoms with Gasteiger partial charge in [-0.1, -0.05) is 0 Å². The van der Waals surface area contributed by atoms with Gasteiger partial charge >= 0.3 is 0 Å². The smallest absolute Gasteiger partial charge is 0.189 e. The van der Waals surface area contributed by atoms with Crippen molar-refractivity contribution in [1.82, 2.24) is 25.1 Å². The molecule has 0 spiro atoms. The molecule has 3 rings (SSSR count). The fourth-order valence-electron chi connectivity index (χ4n) is 1.47. The number of nitrogen functional groups attached to an aromatic ring is 1. The molecule has 17 heavy (non-hydrogen) atoms. The summed E-state index contributed by atoms with van der Waals surface area (Å²) in [6, 6.07) is 5.56. The van der Waals surface area contributed by atoms with Gasteiger partial charge in [-0.2, -0.15) is 5.10 Å². The summed E-state index contributed by atoms with van der Waals surface area (Å²) >= 11 is 1.41. The number of hydrogen-bond donors (Lipinski definition) is 2. The Morgan fingerprint density at radius 1 is 1.12 bits per heavy atom. The number of anilines is 1. The van der Waals surface area contributed by atoms with E-state index < -0.39 is 0 Å². The second-order valence-corrected chi connectivity index (χ2v) is 4.33. The minimum absolute atomic E-state index is 0.687. The first-order valence-electron chi connectivity index (χ1n) is 4.86. The molecule has 0 aliphatic carbocycles. The molecule has 0 amide bonds. The first kappa shape index (κ1) is 10.0. The summed E-state index contributed by atoms with van der Waals surface area (Å²) in [5.41, 5.74) is 7.22. The predicted molar refractivity (Wildman–Crippen MR) is 64.5 cm³/mol. The molecular weight excluding hydrogens is 236 g/mol. The highest BCUT2D eigenvalue weighted by Gasteiger charge is 2.07. The molecular formula is C10H8N6S. The van der Waals surface area contributed by atoms with Gasteiger partial charge in [0.1, 0.15) is 17.7 Å². The van der Waals surface area contributed by atoms with Gasteiger partial charge in [0.15, 0.2) is 5.16 Å². The first-order chi connectivity index (χ1) is 8.33. The number of H-pyrrole nitrogens is 1. The Morgan fingerprint density at radius 2 is 2.06 bits per heavy atom. The lowest BCUT2D eigenvalue weighted by atomic mass is 10.2. The number of rotatable bonds is 2. The van der Waals surface area contributed by atoms with Crippen molar-refractivity contribution in [2.24, 2.45) is 0 Å². The fourth-order valence-corrected chi connectivity index (χ4v) is 2.23. The van der Waals surface area contributed by atoms with E-state index in [-0.39, 0.29) is 0 Å². The van der Waals surface area contributed by atoms with Crippen molar-refractivity contribution < 1.29 is 0 Å². The molecule has 3 N–H and O–H groups in total. The Labute approximate surface area is 101 Å². The summed E-state index contributed by atoms with van der Waals surface area (Å²) in [6.07, 6.45) is 2.98. The number of aromatic amines is 1. The summed E-state index contributed by atoms with van der Waals surface area (Å²) in [5.74, 6) is 0. The Hall–Kier alpha value is -2.15. The molecule has 7 heteroatoms. The molecule has 0 atom stereocenters. The molecule has 0 saturated heterocycles. The Balaban J connectivity index is 2.10. The van der Waals surface area contributed by atoms with Crippen LogP contribution in [0.2, 0.25) is 0 Å². The maximum absolute atomic E-state index is 5.71. The Kier molecular flexibility index (Phi) is 2.37. The molecule has 3 aromatic rings. The summed E-state index contributed by atoms with van der Waals surface area (Å²) in [7, 11) is 0. The SMILES string of the molecule is Nc1ccc2c(Sc3ncn[nH]3)ncnc2c1. The number of benzene rings is 1. The molecule has 0 unspecified atom stereocenters. The van der Waals surface area contributed by atoms with Gasteiger partial charge in [0.25, 0.3) is 0 Å². The summed E-state index contributed by atoms with van der Waals surface area (Å²) < 4.78 is 0. The van der Waals surface area contributed by atoms with Crippen LogP contribution < -0.4 is 5.73 Å². The molecule has 6 nitrogen and oxygen atoms in total. The molecule has 0 bridgehead atoms. The quantitative estimate of drug-likeness (QED) is 0.524. The highest BCUT2D eigenvalue weighted by Crippen LogP contribution is 2.28. The molecule has 2 heterocycles. The van der Waals surface area contributed by atoms with E-state index in [1.54, 1.807) is 0 Å². The summed E-state index contributed by atoms with van der Waals surface area (Å²) in [6.45, 7) is 0. The average molecular weight is 244 g/mol. The van der Waals surface area contributed by atoms with Gasteiger partial charge < -0.3 is 5.73 Å². The number of nitrogens with two attached hydrogens (primary N) is 1. The normalized spacial score (nSPS) is 10.8. The van der Waals surface area contributed by atoms with E-state index in [0.717, 1.165) is 15.9 Å². The first-order valence-corrected chi connectivity index (χ1v) is 5.68. The number of aromatic nitrogens is 5. The van der Waals surface area contributed by atoms with Gasteiger partial charge in [0.05, 0.1) is 5.52 Å². The van der Waals surface area contributed by atoms with Crippen LogP contribution in [0.15, 0.2) is 41.0 Å². The lowest BCUT2D eigenvalue weighted by Gasteiger charge is -2.02. The molecule has 1 aromatic carbocycles. The Morgan fingerprint density at radius 3 is 2.88 bits per heavy atom. The van der Waals surface area contributed by atoms with E-state index in [1.165, 1.54) is 24.4 Å². The molecule has 0 aliphatic rings. The zero-order chi connectivity index (χ0) is 11.7. The van der Waals surface area contributed by atoms with Crippen molar-refractivity contribution in [2.45, 2.75) is 10.2 Å². The summed E-state index contributed by atoms with van der Waals surface area (Å²) in [5, 5.41) is 9.04. The van der Waals surface area contributed by atoms with Crippen LogP contribution in [0.5, 0.6) is 0 Å². The highest BCUT2D eigenvalue weighted by atomic mass is 32.2. The fraction of sp³-hybridized carbons (Fsp3) is 0. The van der Waals surface area contributed by atoms with Gasteiger partial charge in [-0.25, -0.2) is 15.0 Å². The van der Waals surface area contributed by atoms with Crippen molar-refractivity contribution in [3.8, 4) is 0 Å². The van der Waals surface area contributed by atoms with Crippen LogP contribution >= 0.6 is 11.8 Å². The third-order valence-corrected chi connectivity index (χ3v) is 3.12. The van der Waals surface area contributed by atoms with E-state index in [0.29, 0.717) is 10.8 Å². The number of nitrogens with zero attached hydrogens (tertiary/aromatic N) is 4. The number of hydrogen-bond acceptors (Lipinski definition) is 6. The zero-order valence-electron chi connectivity index (χ0n) is 8.66. The topological polar surface area (TPSA) is 93.4 Å². The van der Waals surface area contributed by atoms with E-state index in [4.69, 9.17) is 5.73 Å². The van der Waals surface area contributed by atoms with Gasteiger partial charge in [0, 0.05) is 11.1 Å². The second-order valence-electron chi connectivity index (χ2n) is 3.35. The van der Waals surface area contributed by atoms with Crippen molar-refractivity contribution in [3.05, 3.63) is 30.9 Å². The predicted octanol–water partition coefficient (Wildman–Crippen LogP) is 1.48. The maximum atomic E-state index is 5.71. The van der Waals surface area contributed by atoms with Gasteiger partial charge in [-0.05, 0) is 30.0 Å². The molecule has 2 aromatic heterocycles. The lowest BCUT2D eigenvalue weighted by molar-refractivity contribution is 0.967. The molecule has 0 saturated carbocycles. The standard InChI is InChI=1S/C10H8N6S/c11-6-1-2-7-8(3-6)12-4-13-9(7)17-10-14-5-15-16-10/h1-5H,11H2,(H,14,15,16). The third kappa shape index (κ3) is 1.92. The van der Waals surface area contributed by atoms with Crippen LogP contribution in [0.25, 0.3) is 10.9 Å². The molecule has 0 fully saturated rings. The zero-order valence-corrected chi connectivity index (χ0v) is 9.48. The lowest BCUT2D eigenvalue weighted by Crippen LogP contribution is -1.90. The Bertz CT molecular complexity index is 651. The van der Waals surface area contributed by atoms with Gasteiger partial charge in [-0.3, -0.25) is 5.10 Å². The molecule has 84 valence electrons. The number of nitrogens with one attached hydrogen (secondary N) is 1. The minimum atomic E-state index is 0.687. The van der Waals surface area contributed by atoms with E-state index in [1.807, 2.05) is 18.2 Å². The van der Waals surface area contributed by atoms with Crippen LogP contribution in [0, 0.1) is 0 Å². The molecule has 0 radical (unpaired) electrons. The van der Waals surface area contributed by atoms with Gasteiger partial charge in [0.2, 0.25) is 0 Å². The largest absolute Gasteiger partial charge is 0.399 e. The van der Waals surface area contributed by atoms with Crippen LogP contribution in [0.1, 0.15) is 0 Å². The monoisotopic (exact) mass is 244 g/mol. The van der Waals surface area contributed by atoms with E-state index in [9.17, 15) is 0 Å². The van der Waals surface area contributed by atoms with Crippen molar-refractivity contribution >= 4 is 28.4 Å². The number of fused-ring (bicyclic) bond motifs is 1.